The van der Waals surface area contributed by atoms with Crippen molar-refractivity contribution in [2.45, 2.75) is 62.8 Å². The van der Waals surface area contributed by atoms with Crippen molar-refractivity contribution in [2.24, 2.45) is 0 Å². The largest absolute Gasteiger partial charge is 0.394 e. The summed E-state index contributed by atoms with van der Waals surface area (Å²) in [5.74, 6) is -1.96. The van der Waals surface area contributed by atoms with Crippen molar-refractivity contribution in [3.63, 3.8) is 0 Å². The zero-order valence-electron chi connectivity index (χ0n) is 12.9. The molecule has 0 spiro atoms. The molecule has 2 aliphatic rings. The van der Waals surface area contributed by atoms with E-state index in [1.165, 1.54) is 12.8 Å². The Bertz CT molecular complexity index is 558. The molecular formula is C15H21F2N3O3. The first-order valence-corrected chi connectivity index (χ1v) is 8.09. The Morgan fingerprint density at radius 3 is 2.83 bits per heavy atom. The number of nitrogens with zero attached hydrogens (tertiary/aromatic N) is 3. The van der Waals surface area contributed by atoms with Crippen LogP contribution in [0.5, 0.6) is 0 Å². The van der Waals surface area contributed by atoms with Gasteiger partial charge in [0.1, 0.15) is 0 Å². The summed E-state index contributed by atoms with van der Waals surface area (Å²) in [5, 5.41) is 13.1. The highest BCUT2D eigenvalue weighted by atomic mass is 19.3. The number of rotatable bonds is 5. The van der Waals surface area contributed by atoms with Crippen molar-refractivity contribution in [3.05, 3.63) is 11.7 Å². The first-order valence-electron chi connectivity index (χ1n) is 8.09. The van der Waals surface area contributed by atoms with Gasteiger partial charge in [0, 0.05) is 25.2 Å². The molecule has 3 rings (SSSR count). The SMILES string of the molecule is O=C(CCc1nc(C2CCCC2)no1)N1CC(F)(F)CC1CO. The minimum Gasteiger partial charge on any atom is -0.394 e. The van der Waals surface area contributed by atoms with Gasteiger partial charge in [0.15, 0.2) is 5.82 Å². The van der Waals surface area contributed by atoms with Crippen molar-refractivity contribution >= 4 is 5.91 Å². The zero-order valence-corrected chi connectivity index (χ0v) is 12.9. The number of likely N-dealkylation sites (tertiary alicyclic amines) is 1. The summed E-state index contributed by atoms with van der Waals surface area (Å²) in [6.45, 7) is -1.08. The molecule has 1 saturated carbocycles. The molecule has 128 valence electrons. The monoisotopic (exact) mass is 329 g/mol. The summed E-state index contributed by atoms with van der Waals surface area (Å²) in [6.07, 6.45) is 4.22. The Kier molecular flexibility index (Phi) is 4.61. The summed E-state index contributed by atoms with van der Waals surface area (Å²) < 4.78 is 31.9. The van der Waals surface area contributed by atoms with Gasteiger partial charge in [-0.1, -0.05) is 18.0 Å². The molecule has 8 heteroatoms. The fourth-order valence-corrected chi connectivity index (χ4v) is 3.43. The molecule has 1 saturated heterocycles. The van der Waals surface area contributed by atoms with Gasteiger partial charge in [0.05, 0.1) is 19.2 Å². The first kappa shape index (κ1) is 16.3. The maximum atomic E-state index is 13.4. The third kappa shape index (κ3) is 3.68. The van der Waals surface area contributed by atoms with Gasteiger partial charge < -0.3 is 14.5 Å². The number of aliphatic hydroxyl groups is 1. The molecule has 1 aliphatic heterocycles. The van der Waals surface area contributed by atoms with Crippen molar-refractivity contribution in [1.29, 1.82) is 0 Å². The van der Waals surface area contributed by atoms with Crippen LogP contribution < -0.4 is 0 Å². The number of carbonyl (C=O) groups excluding carboxylic acids is 1. The van der Waals surface area contributed by atoms with Crippen molar-refractivity contribution in [1.82, 2.24) is 15.0 Å². The highest BCUT2D eigenvalue weighted by Gasteiger charge is 2.46. The molecule has 1 N–H and O–H groups in total. The lowest BCUT2D eigenvalue weighted by molar-refractivity contribution is -0.133. The molecule has 1 aromatic rings. The number of carbonyl (C=O) groups is 1. The lowest BCUT2D eigenvalue weighted by atomic mass is 10.1. The van der Waals surface area contributed by atoms with E-state index in [2.05, 4.69) is 10.1 Å². The molecule has 2 heterocycles. The molecule has 1 aliphatic carbocycles. The highest BCUT2D eigenvalue weighted by molar-refractivity contribution is 5.77. The van der Waals surface area contributed by atoms with E-state index in [1.54, 1.807) is 0 Å². The van der Waals surface area contributed by atoms with E-state index >= 15 is 0 Å². The molecule has 6 nitrogen and oxygen atoms in total. The molecule has 2 fully saturated rings. The number of hydrogen-bond donors (Lipinski definition) is 1. The molecule has 1 unspecified atom stereocenters. The van der Waals surface area contributed by atoms with Crippen LogP contribution in [0.25, 0.3) is 0 Å². The number of aromatic nitrogens is 2. The van der Waals surface area contributed by atoms with E-state index < -0.39 is 37.4 Å². The van der Waals surface area contributed by atoms with E-state index in [0.29, 0.717) is 17.6 Å². The Labute approximate surface area is 132 Å². The molecule has 0 radical (unpaired) electrons. The van der Waals surface area contributed by atoms with Crippen LogP contribution in [0.1, 0.15) is 56.2 Å². The average Bonchev–Trinajstić information content (AvgIpc) is 3.23. The lowest BCUT2D eigenvalue weighted by Gasteiger charge is -2.21. The van der Waals surface area contributed by atoms with Gasteiger partial charge in [-0.25, -0.2) is 8.78 Å². The third-order valence-electron chi connectivity index (χ3n) is 4.66. The van der Waals surface area contributed by atoms with Crippen LogP contribution in [-0.2, 0) is 11.2 Å². The van der Waals surface area contributed by atoms with Crippen LogP contribution in [0.4, 0.5) is 8.78 Å². The Balaban J connectivity index is 1.54. The van der Waals surface area contributed by atoms with Crippen LogP contribution in [0.2, 0.25) is 0 Å². The predicted molar refractivity (Wildman–Crippen MR) is 76.0 cm³/mol. The fraction of sp³-hybridized carbons (Fsp3) is 0.800. The second kappa shape index (κ2) is 6.51. The minimum atomic E-state index is -2.93. The smallest absolute Gasteiger partial charge is 0.267 e. The standard InChI is InChI=1S/C15H21F2N3O3/c16-15(17)7-11(8-21)20(9-15)13(22)6-5-12-18-14(19-23-12)10-3-1-2-4-10/h10-11,21H,1-9H2. The molecule has 0 aromatic carbocycles. The molecular weight excluding hydrogens is 308 g/mol. The third-order valence-corrected chi connectivity index (χ3v) is 4.66. The Morgan fingerprint density at radius 1 is 1.39 bits per heavy atom. The van der Waals surface area contributed by atoms with Crippen LogP contribution in [0, 0.1) is 0 Å². The van der Waals surface area contributed by atoms with Crippen LogP contribution >= 0.6 is 0 Å². The maximum Gasteiger partial charge on any atom is 0.267 e. The second-order valence-corrected chi connectivity index (χ2v) is 6.45. The summed E-state index contributed by atoms with van der Waals surface area (Å²) in [5.41, 5.74) is 0. The zero-order chi connectivity index (χ0) is 16.4. The summed E-state index contributed by atoms with van der Waals surface area (Å²) in [4.78, 5) is 17.5. The normalized spacial score (nSPS) is 24.5. The van der Waals surface area contributed by atoms with E-state index in [0.717, 1.165) is 17.7 Å². The van der Waals surface area contributed by atoms with Crippen LogP contribution in [0.15, 0.2) is 4.52 Å². The lowest BCUT2D eigenvalue weighted by Crippen LogP contribution is -2.38. The summed E-state index contributed by atoms with van der Waals surface area (Å²) in [7, 11) is 0. The van der Waals surface area contributed by atoms with Crippen molar-refractivity contribution < 1.29 is 23.2 Å². The molecule has 1 atom stereocenters. The van der Waals surface area contributed by atoms with Gasteiger partial charge in [0.25, 0.3) is 5.92 Å². The number of amides is 1. The Morgan fingerprint density at radius 2 is 2.13 bits per heavy atom. The number of halogens is 2. The van der Waals surface area contributed by atoms with E-state index in [-0.39, 0.29) is 12.8 Å². The van der Waals surface area contributed by atoms with Crippen molar-refractivity contribution in [3.8, 4) is 0 Å². The molecule has 1 amide bonds. The number of aliphatic hydroxyl groups excluding tert-OH is 1. The van der Waals surface area contributed by atoms with Crippen molar-refractivity contribution in [2.75, 3.05) is 13.2 Å². The number of alkyl halides is 2. The topological polar surface area (TPSA) is 79.5 Å². The van der Waals surface area contributed by atoms with Crippen LogP contribution in [-0.4, -0.2) is 51.2 Å². The van der Waals surface area contributed by atoms with E-state index in [1.807, 2.05) is 0 Å². The highest BCUT2D eigenvalue weighted by Crippen LogP contribution is 2.33. The van der Waals surface area contributed by atoms with E-state index in [9.17, 15) is 13.6 Å². The van der Waals surface area contributed by atoms with Gasteiger partial charge in [-0.15, -0.1) is 0 Å². The number of hydrogen-bond acceptors (Lipinski definition) is 5. The molecule has 23 heavy (non-hydrogen) atoms. The van der Waals surface area contributed by atoms with Gasteiger partial charge in [-0.2, -0.15) is 4.98 Å². The summed E-state index contributed by atoms with van der Waals surface area (Å²) >= 11 is 0. The predicted octanol–water partition coefficient (Wildman–Crippen LogP) is 1.89. The van der Waals surface area contributed by atoms with Gasteiger partial charge in [-0.3, -0.25) is 4.79 Å². The average molecular weight is 329 g/mol. The van der Waals surface area contributed by atoms with Gasteiger partial charge >= 0.3 is 0 Å². The summed E-state index contributed by atoms with van der Waals surface area (Å²) in [6, 6.07) is -0.811. The minimum absolute atomic E-state index is 0.0267. The van der Waals surface area contributed by atoms with E-state index in [4.69, 9.17) is 9.63 Å². The van der Waals surface area contributed by atoms with Gasteiger partial charge in [0.2, 0.25) is 11.8 Å². The fourth-order valence-electron chi connectivity index (χ4n) is 3.43. The quantitative estimate of drug-likeness (QED) is 0.892. The van der Waals surface area contributed by atoms with Gasteiger partial charge in [-0.05, 0) is 12.8 Å². The van der Waals surface area contributed by atoms with Crippen LogP contribution in [0.3, 0.4) is 0 Å². The second-order valence-electron chi connectivity index (χ2n) is 6.45. The molecule has 0 bridgehead atoms. The Hall–Kier alpha value is -1.57. The first-order chi connectivity index (χ1) is 11.0. The number of aryl methyl sites for hydroxylation is 1. The molecule has 1 aromatic heterocycles. The maximum absolute atomic E-state index is 13.4.